The number of carbonyl (C=O) groups excluding carboxylic acids is 2. The number of piperazine rings is 1. The monoisotopic (exact) mass is 373 g/mol. The molecule has 132 valence electrons. The number of hydrogen-bond acceptors (Lipinski definition) is 4. The van der Waals surface area contributed by atoms with Gasteiger partial charge in [-0.15, -0.1) is 0 Å². The lowest BCUT2D eigenvalue weighted by Crippen LogP contribution is -2.54. The number of amides is 2. The summed E-state index contributed by atoms with van der Waals surface area (Å²) in [6.45, 7) is 6.28. The lowest BCUT2D eigenvalue weighted by Gasteiger charge is -2.36. The van der Waals surface area contributed by atoms with Crippen molar-refractivity contribution in [1.82, 2.24) is 9.80 Å². The molecule has 6 nitrogen and oxygen atoms in total. The summed E-state index contributed by atoms with van der Waals surface area (Å²) < 4.78 is 4.99. The van der Waals surface area contributed by atoms with Crippen molar-refractivity contribution in [1.29, 1.82) is 0 Å². The van der Waals surface area contributed by atoms with Crippen LogP contribution >= 0.6 is 23.2 Å². The minimum atomic E-state index is -0.332. The zero-order valence-corrected chi connectivity index (χ0v) is 15.2. The molecule has 1 N–H and O–H groups in total. The molecule has 2 amide bonds. The molecule has 1 heterocycles. The number of benzene rings is 1. The Labute approximate surface area is 151 Å². The highest BCUT2D eigenvalue weighted by Gasteiger charge is 2.28. The quantitative estimate of drug-likeness (QED) is 0.880. The van der Waals surface area contributed by atoms with E-state index in [2.05, 4.69) is 5.32 Å². The Hall–Kier alpha value is -1.50. The van der Waals surface area contributed by atoms with Crippen molar-refractivity contribution in [3.8, 4) is 0 Å². The summed E-state index contributed by atoms with van der Waals surface area (Å²) in [5.74, 6) is -0.149. The number of ether oxygens (including phenoxy) is 1. The zero-order chi connectivity index (χ0) is 17.7. The number of halogens is 2. The van der Waals surface area contributed by atoms with Crippen LogP contribution in [0.1, 0.15) is 13.8 Å². The van der Waals surface area contributed by atoms with Crippen molar-refractivity contribution >= 4 is 40.9 Å². The summed E-state index contributed by atoms with van der Waals surface area (Å²) in [6, 6.07) is 4.60. The van der Waals surface area contributed by atoms with Crippen molar-refractivity contribution in [2.45, 2.75) is 19.9 Å². The maximum atomic E-state index is 12.4. The summed E-state index contributed by atoms with van der Waals surface area (Å²) in [5.41, 5.74) is 0.531. The average Bonchev–Trinajstić information content (AvgIpc) is 2.57. The smallest absolute Gasteiger partial charge is 0.409 e. The van der Waals surface area contributed by atoms with E-state index < -0.39 is 0 Å². The van der Waals surface area contributed by atoms with Gasteiger partial charge in [0.15, 0.2) is 0 Å². The van der Waals surface area contributed by atoms with Crippen LogP contribution in [0.2, 0.25) is 10.0 Å². The molecule has 8 heteroatoms. The van der Waals surface area contributed by atoms with E-state index in [0.29, 0.717) is 48.5 Å². The van der Waals surface area contributed by atoms with E-state index in [1.54, 1.807) is 30.0 Å². The third-order valence-electron chi connectivity index (χ3n) is 3.96. The number of carbonyl (C=O) groups is 2. The molecular formula is C16H21Cl2N3O3. The van der Waals surface area contributed by atoms with Gasteiger partial charge in [0.1, 0.15) is 0 Å². The van der Waals surface area contributed by atoms with Crippen molar-refractivity contribution in [3.05, 3.63) is 28.2 Å². The van der Waals surface area contributed by atoms with E-state index in [1.165, 1.54) is 0 Å². The van der Waals surface area contributed by atoms with Gasteiger partial charge in [-0.3, -0.25) is 9.69 Å². The molecule has 1 fully saturated rings. The summed E-state index contributed by atoms with van der Waals surface area (Å²) in [7, 11) is 0. The molecule has 0 bridgehead atoms. The fraction of sp³-hybridized carbons (Fsp3) is 0.500. The minimum Gasteiger partial charge on any atom is -0.450 e. The van der Waals surface area contributed by atoms with Crippen LogP contribution in [0.5, 0.6) is 0 Å². The van der Waals surface area contributed by atoms with Gasteiger partial charge in [-0.1, -0.05) is 23.2 Å². The van der Waals surface area contributed by atoms with Crippen LogP contribution in [-0.4, -0.2) is 60.6 Å². The van der Waals surface area contributed by atoms with Crippen LogP contribution in [0.4, 0.5) is 10.5 Å². The summed E-state index contributed by atoms with van der Waals surface area (Å²) >= 11 is 11.9. The van der Waals surface area contributed by atoms with Gasteiger partial charge in [-0.25, -0.2) is 4.79 Å². The number of nitrogens with zero attached hydrogens (tertiary/aromatic N) is 2. The van der Waals surface area contributed by atoms with Gasteiger partial charge in [0.25, 0.3) is 0 Å². The second kappa shape index (κ2) is 8.55. The number of nitrogens with one attached hydrogen (secondary N) is 1. The van der Waals surface area contributed by atoms with Gasteiger partial charge in [0.05, 0.1) is 23.4 Å². The molecule has 1 saturated heterocycles. The highest BCUT2D eigenvalue weighted by atomic mass is 35.5. The maximum absolute atomic E-state index is 12.4. The van der Waals surface area contributed by atoms with E-state index in [4.69, 9.17) is 27.9 Å². The normalized spacial score (nSPS) is 16.6. The first-order valence-electron chi connectivity index (χ1n) is 7.84. The zero-order valence-electron chi connectivity index (χ0n) is 13.7. The molecular weight excluding hydrogens is 353 g/mol. The Kier molecular flexibility index (Phi) is 6.71. The molecule has 1 aliphatic rings. The third-order valence-corrected chi connectivity index (χ3v) is 4.50. The van der Waals surface area contributed by atoms with Crippen molar-refractivity contribution in [3.63, 3.8) is 0 Å². The first kappa shape index (κ1) is 18.8. The molecule has 0 saturated carbocycles. The first-order valence-corrected chi connectivity index (χ1v) is 8.59. The van der Waals surface area contributed by atoms with Crippen LogP contribution < -0.4 is 5.32 Å². The van der Waals surface area contributed by atoms with E-state index in [9.17, 15) is 9.59 Å². The van der Waals surface area contributed by atoms with Crippen LogP contribution in [0.3, 0.4) is 0 Å². The van der Waals surface area contributed by atoms with E-state index in [-0.39, 0.29) is 18.0 Å². The van der Waals surface area contributed by atoms with Crippen molar-refractivity contribution in [2.24, 2.45) is 0 Å². The van der Waals surface area contributed by atoms with Gasteiger partial charge in [0.2, 0.25) is 5.91 Å². The van der Waals surface area contributed by atoms with E-state index >= 15 is 0 Å². The number of rotatable bonds is 4. The van der Waals surface area contributed by atoms with Gasteiger partial charge >= 0.3 is 6.09 Å². The molecule has 0 radical (unpaired) electrons. The van der Waals surface area contributed by atoms with Crippen LogP contribution in [0.15, 0.2) is 18.2 Å². The third kappa shape index (κ3) is 4.75. The molecule has 1 atom stereocenters. The SMILES string of the molecule is CCOC(=O)N1CCN([C@@H](C)C(=O)Nc2ccc(Cl)cc2Cl)CC1. The Balaban J connectivity index is 1.89. The highest BCUT2D eigenvalue weighted by molar-refractivity contribution is 6.36. The molecule has 0 aliphatic carbocycles. The molecule has 1 aromatic carbocycles. The Bertz CT molecular complexity index is 604. The summed E-state index contributed by atoms with van der Waals surface area (Å²) in [5, 5.41) is 3.73. The first-order chi connectivity index (χ1) is 11.4. The number of hydrogen-bond donors (Lipinski definition) is 1. The molecule has 1 aliphatic heterocycles. The van der Waals surface area contributed by atoms with E-state index in [0.717, 1.165) is 0 Å². The van der Waals surface area contributed by atoms with Crippen molar-refractivity contribution in [2.75, 3.05) is 38.1 Å². The second-order valence-corrected chi connectivity index (χ2v) is 6.35. The second-order valence-electron chi connectivity index (χ2n) is 5.51. The van der Waals surface area contributed by atoms with E-state index in [1.807, 2.05) is 11.8 Å². The fourth-order valence-corrected chi connectivity index (χ4v) is 2.96. The molecule has 0 spiro atoms. The minimum absolute atomic E-state index is 0.149. The molecule has 0 aromatic heterocycles. The Morgan fingerprint density at radius 2 is 1.92 bits per heavy atom. The summed E-state index contributed by atoms with van der Waals surface area (Å²) in [4.78, 5) is 27.8. The van der Waals surface area contributed by atoms with Crippen LogP contribution in [0, 0.1) is 0 Å². The average molecular weight is 374 g/mol. The molecule has 0 unspecified atom stereocenters. The molecule has 2 rings (SSSR count). The predicted octanol–water partition coefficient (Wildman–Crippen LogP) is 3.09. The maximum Gasteiger partial charge on any atom is 0.409 e. The molecule has 24 heavy (non-hydrogen) atoms. The van der Waals surface area contributed by atoms with Gasteiger partial charge < -0.3 is 15.0 Å². The highest BCUT2D eigenvalue weighted by Crippen LogP contribution is 2.25. The van der Waals surface area contributed by atoms with Crippen LogP contribution in [-0.2, 0) is 9.53 Å². The lowest BCUT2D eigenvalue weighted by molar-refractivity contribution is -0.121. The fourth-order valence-electron chi connectivity index (χ4n) is 2.50. The van der Waals surface area contributed by atoms with Crippen LogP contribution in [0.25, 0.3) is 0 Å². The van der Waals surface area contributed by atoms with Crippen molar-refractivity contribution < 1.29 is 14.3 Å². The Morgan fingerprint density at radius 3 is 2.50 bits per heavy atom. The lowest BCUT2D eigenvalue weighted by atomic mass is 10.2. The van der Waals surface area contributed by atoms with Gasteiger partial charge in [-0.2, -0.15) is 0 Å². The van der Waals surface area contributed by atoms with Gasteiger partial charge in [-0.05, 0) is 32.0 Å². The molecule has 1 aromatic rings. The number of anilines is 1. The van der Waals surface area contributed by atoms with Gasteiger partial charge in [0, 0.05) is 31.2 Å². The predicted molar refractivity (Wildman–Crippen MR) is 94.7 cm³/mol. The topological polar surface area (TPSA) is 61.9 Å². The standard InChI is InChI=1S/C16H21Cl2N3O3/c1-3-24-16(23)21-8-6-20(7-9-21)11(2)15(22)19-14-5-4-12(17)10-13(14)18/h4-5,10-11H,3,6-9H2,1-2H3,(H,19,22)/t11-/m0/s1. The largest absolute Gasteiger partial charge is 0.450 e. The Morgan fingerprint density at radius 1 is 1.25 bits per heavy atom. The summed E-state index contributed by atoms with van der Waals surface area (Å²) in [6.07, 6.45) is -0.304.